The topological polar surface area (TPSA) is 12.0 Å². The molecule has 2 atom stereocenters. The van der Waals surface area contributed by atoms with E-state index in [-0.39, 0.29) is 4.87 Å². The maximum absolute atomic E-state index is 3.86. The summed E-state index contributed by atoms with van der Waals surface area (Å²) < 4.78 is 0. The summed E-state index contributed by atoms with van der Waals surface area (Å²) in [7, 11) is 0. The average molecular weight is 281 g/mol. The van der Waals surface area contributed by atoms with Crippen LogP contribution in [-0.4, -0.2) is 4.87 Å². The van der Waals surface area contributed by atoms with Crippen molar-refractivity contribution < 1.29 is 0 Å². The van der Waals surface area contributed by atoms with Gasteiger partial charge < -0.3 is 5.32 Å². The van der Waals surface area contributed by atoms with Gasteiger partial charge in [-0.2, -0.15) is 0 Å². The van der Waals surface area contributed by atoms with Crippen molar-refractivity contribution in [3.8, 4) is 0 Å². The first-order valence-electron chi connectivity index (χ1n) is 7.49. The summed E-state index contributed by atoms with van der Waals surface area (Å²) >= 11 is 2.05. The molecule has 1 spiro atoms. The predicted octanol–water partition coefficient (Wildman–Crippen LogP) is 5.26. The molecular formula is C18H19NS. The van der Waals surface area contributed by atoms with Crippen LogP contribution in [0.1, 0.15) is 37.2 Å². The lowest BCUT2D eigenvalue weighted by Gasteiger charge is -2.41. The van der Waals surface area contributed by atoms with Crippen LogP contribution in [0.5, 0.6) is 0 Å². The lowest BCUT2D eigenvalue weighted by molar-refractivity contribution is 0.377. The lowest BCUT2D eigenvalue weighted by Crippen LogP contribution is -2.40. The number of para-hydroxylation sites is 1. The summed E-state index contributed by atoms with van der Waals surface area (Å²) in [5.41, 5.74) is 2.81. The minimum atomic E-state index is 0.170. The maximum atomic E-state index is 3.86. The van der Waals surface area contributed by atoms with Gasteiger partial charge in [0.15, 0.2) is 0 Å². The Labute approximate surface area is 124 Å². The summed E-state index contributed by atoms with van der Waals surface area (Å²) in [6.07, 6.45) is 5.22. The van der Waals surface area contributed by atoms with Gasteiger partial charge in [-0.25, -0.2) is 0 Å². The number of rotatable bonds is 1. The second-order valence-corrected chi connectivity index (χ2v) is 7.19. The normalized spacial score (nSPS) is 28.1. The zero-order valence-electron chi connectivity index (χ0n) is 11.5. The second kappa shape index (κ2) is 4.85. The molecule has 2 heteroatoms. The fourth-order valence-electron chi connectivity index (χ4n) is 3.65. The molecule has 1 saturated carbocycles. The van der Waals surface area contributed by atoms with E-state index in [9.17, 15) is 0 Å². The van der Waals surface area contributed by atoms with Crippen molar-refractivity contribution in [2.45, 2.75) is 41.4 Å². The largest absolute Gasteiger partial charge is 0.369 e. The smallest absolute Gasteiger partial charge is 0.0949 e. The molecule has 2 unspecified atom stereocenters. The first-order chi connectivity index (χ1) is 9.87. The number of benzene rings is 2. The van der Waals surface area contributed by atoms with E-state index in [1.165, 1.54) is 41.8 Å². The molecule has 0 aromatic heterocycles. The number of hydrogen-bond acceptors (Lipinski definition) is 2. The molecule has 1 heterocycles. The van der Waals surface area contributed by atoms with Gasteiger partial charge in [-0.15, -0.1) is 0 Å². The van der Waals surface area contributed by atoms with Crippen molar-refractivity contribution in [1.29, 1.82) is 0 Å². The molecule has 20 heavy (non-hydrogen) atoms. The van der Waals surface area contributed by atoms with Gasteiger partial charge in [-0.05, 0) is 30.5 Å². The summed E-state index contributed by atoms with van der Waals surface area (Å²) in [4.78, 5) is 1.58. The average Bonchev–Trinajstić information content (AvgIpc) is 2.87. The zero-order valence-corrected chi connectivity index (χ0v) is 12.3. The lowest BCUT2D eigenvalue weighted by atomic mass is 9.79. The van der Waals surface area contributed by atoms with Gasteiger partial charge in [-0.3, -0.25) is 0 Å². The van der Waals surface area contributed by atoms with Crippen molar-refractivity contribution in [2.75, 3.05) is 5.32 Å². The van der Waals surface area contributed by atoms with E-state index < -0.39 is 0 Å². The van der Waals surface area contributed by atoms with Gasteiger partial charge in [0, 0.05) is 16.5 Å². The van der Waals surface area contributed by atoms with Gasteiger partial charge in [0.25, 0.3) is 0 Å². The molecule has 1 fully saturated rings. The van der Waals surface area contributed by atoms with Crippen molar-refractivity contribution in [3.05, 3.63) is 60.2 Å². The number of hydrogen-bond donors (Lipinski definition) is 1. The Morgan fingerprint density at radius 3 is 2.60 bits per heavy atom. The Hall–Kier alpha value is -1.41. The quantitative estimate of drug-likeness (QED) is 0.765. The van der Waals surface area contributed by atoms with E-state index in [0.717, 1.165) is 0 Å². The van der Waals surface area contributed by atoms with Crippen LogP contribution in [0.15, 0.2) is 59.5 Å². The molecule has 0 amide bonds. The Morgan fingerprint density at radius 1 is 0.950 bits per heavy atom. The summed E-state index contributed by atoms with van der Waals surface area (Å²) in [6.45, 7) is 0. The third kappa shape index (κ3) is 1.94. The minimum absolute atomic E-state index is 0.170. The summed E-state index contributed by atoms with van der Waals surface area (Å²) in [5, 5.41) is 3.86. The van der Waals surface area contributed by atoms with E-state index >= 15 is 0 Å². The highest BCUT2D eigenvalue weighted by atomic mass is 32.2. The standard InChI is InChI=1S/C18H19NS/c1-2-8-14(9-3-1)15-10-6-7-13-18(15)19-16-11-4-5-12-17(16)20-18/h1-5,8-9,11-12,15,19H,6-7,10,13H2. The molecule has 102 valence electrons. The fourth-order valence-corrected chi connectivity index (χ4v) is 5.22. The van der Waals surface area contributed by atoms with Crippen LogP contribution in [0.25, 0.3) is 0 Å². The van der Waals surface area contributed by atoms with E-state index in [1.54, 1.807) is 0 Å². The maximum Gasteiger partial charge on any atom is 0.0949 e. The van der Waals surface area contributed by atoms with E-state index in [4.69, 9.17) is 0 Å². The molecule has 1 nitrogen and oxygen atoms in total. The molecule has 1 N–H and O–H groups in total. The predicted molar refractivity (Wildman–Crippen MR) is 86.3 cm³/mol. The Balaban J connectivity index is 1.73. The SMILES string of the molecule is c1ccc(C2CCCCC23Nc2ccccc2S3)cc1. The van der Waals surface area contributed by atoms with Crippen LogP contribution in [0.4, 0.5) is 5.69 Å². The summed E-state index contributed by atoms with van der Waals surface area (Å²) in [6, 6.07) is 19.8. The zero-order chi connectivity index (χ0) is 13.4. The molecule has 1 aliphatic carbocycles. The summed E-state index contributed by atoms with van der Waals surface area (Å²) in [5.74, 6) is 0.606. The minimum Gasteiger partial charge on any atom is -0.369 e. The number of nitrogens with one attached hydrogen (secondary N) is 1. The fraction of sp³-hybridized carbons (Fsp3) is 0.333. The number of anilines is 1. The van der Waals surface area contributed by atoms with Crippen LogP contribution < -0.4 is 5.32 Å². The van der Waals surface area contributed by atoms with Crippen molar-refractivity contribution >= 4 is 17.4 Å². The molecule has 2 aliphatic rings. The van der Waals surface area contributed by atoms with Gasteiger partial charge in [0.1, 0.15) is 0 Å². The first kappa shape index (κ1) is 12.3. The van der Waals surface area contributed by atoms with Crippen molar-refractivity contribution in [3.63, 3.8) is 0 Å². The molecule has 2 aromatic carbocycles. The van der Waals surface area contributed by atoms with Gasteiger partial charge in [0.05, 0.1) is 4.87 Å². The highest BCUT2D eigenvalue weighted by Crippen LogP contribution is 2.57. The number of fused-ring (bicyclic) bond motifs is 1. The molecule has 1 aliphatic heterocycles. The van der Waals surface area contributed by atoms with Crippen LogP contribution in [0.2, 0.25) is 0 Å². The second-order valence-electron chi connectivity index (χ2n) is 5.82. The van der Waals surface area contributed by atoms with E-state index in [0.29, 0.717) is 5.92 Å². The third-order valence-electron chi connectivity index (χ3n) is 4.58. The van der Waals surface area contributed by atoms with Crippen molar-refractivity contribution in [2.24, 2.45) is 0 Å². The first-order valence-corrected chi connectivity index (χ1v) is 8.30. The molecule has 4 rings (SSSR count). The van der Waals surface area contributed by atoms with E-state index in [1.807, 2.05) is 0 Å². The van der Waals surface area contributed by atoms with E-state index in [2.05, 4.69) is 71.7 Å². The van der Waals surface area contributed by atoms with Gasteiger partial charge in [0.2, 0.25) is 0 Å². The molecule has 0 radical (unpaired) electrons. The van der Waals surface area contributed by atoms with Gasteiger partial charge >= 0.3 is 0 Å². The number of thioether (sulfide) groups is 1. The molecule has 2 aromatic rings. The highest BCUT2D eigenvalue weighted by Gasteiger charge is 2.46. The molecule has 0 saturated heterocycles. The van der Waals surface area contributed by atoms with Crippen LogP contribution >= 0.6 is 11.8 Å². The molecular weight excluding hydrogens is 262 g/mol. The van der Waals surface area contributed by atoms with Crippen LogP contribution in [0, 0.1) is 0 Å². The van der Waals surface area contributed by atoms with Crippen LogP contribution in [0.3, 0.4) is 0 Å². The van der Waals surface area contributed by atoms with Gasteiger partial charge in [-0.1, -0.05) is 67.1 Å². The van der Waals surface area contributed by atoms with Crippen molar-refractivity contribution in [1.82, 2.24) is 0 Å². The highest BCUT2D eigenvalue weighted by molar-refractivity contribution is 8.01. The Morgan fingerprint density at radius 2 is 1.75 bits per heavy atom. The Kier molecular flexibility index (Phi) is 2.99. The molecule has 0 bridgehead atoms. The monoisotopic (exact) mass is 281 g/mol. The van der Waals surface area contributed by atoms with Crippen LogP contribution in [-0.2, 0) is 0 Å². The Bertz CT molecular complexity index is 583. The third-order valence-corrected chi connectivity index (χ3v) is 6.11.